The molecule has 3 nitrogen and oxygen atoms in total. The molecule has 1 N–H and O–H groups in total. The Morgan fingerprint density at radius 3 is 2.83 bits per heavy atom. The molecule has 18 heavy (non-hydrogen) atoms. The quantitative estimate of drug-likeness (QED) is 0.752. The summed E-state index contributed by atoms with van der Waals surface area (Å²) in [5, 5.41) is 0. The van der Waals surface area contributed by atoms with E-state index in [-0.39, 0.29) is 0 Å². The third-order valence-electron chi connectivity index (χ3n) is 4.70. The maximum Gasteiger partial charge on any atom is 0.235 e. The van der Waals surface area contributed by atoms with Crippen molar-refractivity contribution in [2.45, 2.75) is 20.0 Å². The van der Waals surface area contributed by atoms with E-state index in [9.17, 15) is 0 Å². The highest BCUT2D eigenvalue weighted by atomic mass is 15.7. The average molecular weight is 239 g/mol. The Morgan fingerprint density at radius 1 is 1.22 bits per heavy atom. The molecule has 0 radical (unpaired) electrons. The van der Waals surface area contributed by atoms with Crippen molar-refractivity contribution in [2.75, 3.05) is 6.67 Å². The molecule has 1 aromatic heterocycles. The summed E-state index contributed by atoms with van der Waals surface area (Å²) in [6.45, 7) is 5.69. The number of hydrogen-bond acceptors (Lipinski definition) is 1. The zero-order valence-corrected chi connectivity index (χ0v) is 10.7. The molecule has 0 amide bonds. The van der Waals surface area contributed by atoms with E-state index in [1.165, 1.54) is 22.6 Å². The molecule has 0 spiro atoms. The van der Waals surface area contributed by atoms with Crippen LogP contribution in [0.1, 0.15) is 12.5 Å². The highest BCUT2D eigenvalue weighted by Crippen LogP contribution is 2.48. The van der Waals surface area contributed by atoms with Crippen molar-refractivity contribution in [3.05, 3.63) is 48.3 Å². The van der Waals surface area contributed by atoms with Crippen LogP contribution in [0.2, 0.25) is 0 Å². The van der Waals surface area contributed by atoms with Gasteiger partial charge in [-0.3, -0.25) is 4.98 Å². The molecule has 1 aromatic carbocycles. The van der Waals surface area contributed by atoms with Gasteiger partial charge < -0.3 is 0 Å². The van der Waals surface area contributed by atoms with Crippen molar-refractivity contribution in [1.29, 1.82) is 0 Å². The van der Waals surface area contributed by atoms with Crippen LogP contribution >= 0.6 is 0 Å². The number of aromatic nitrogens is 1. The van der Waals surface area contributed by atoms with Crippen LogP contribution in [0.15, 0.2) is 42.7 Å². The van der Waals surface area contributed by atoms with Crippen LogP contribution in [-0.4, -0.2) is 17.8 Å². The Morgan fingerprint density at radius 2 is 2.06 bits per heavy atom. The van der Waals surface area contributed by atoms with Gasteiger partial charge in [-0.25, -0.2) is 0 Å². The van der Waals surface area contributed by atoms with E-state index in [4.69, 9.17) is 0 Å². The number of hydrogen-bond donors (Lipinski definition) is 1. The van der Waals surface area contributed by atoms with Gasteiger partial charge in [0.05, 0.1) is 6.20 Å². The fourth-order valence-electron chi connectivity index (χ4n) is 3.71. The summed E-state index contributed by atoms with van der Waals surface area (Å²) >= 11 is 0. The predicted molar refractivity (Wildman–Crippen MR) is 71.8 cm³/mol. The first-order chi connectivity index (χ1) is 8.75. The van der Waals surface area contributed by atoms with E-state index in [2.05, 4.69) is 49.2 Å². The topological polar surface area (TPSA) is 17.3 Å². The summed E-state index contributed by atoms with van der Waals surface area (Å²) < 4.78 is 1.000. The number of nitrogens with zero attached hydrogens (tertiary/aromatic N) is 2. The van der Waals surface area contributed by atoms with Crippen LogP contribution in [0.3, 0.4) is 0 Å². The SMILES string of the molecule is Cc1ccccc1[N+]12C[NH+](c3cnccc31)C2C. The first-order valence-electron chi connectivity index (χ1n) is 6.50. The van der Waals surface area contributed by atoms with Gasteiger partial charge in [0.25, 0.3) is 0 Å². The normalized spacial score (nSPS) is 31.9. The van der Waals surface area contributed by atoms with Crippen molar-refractivity contribution in [1.82, 2.24) is 9.47 Å². The number of benzene rings is 1. The van der Waals surface area contributed by atoms with Crippen LogP contribution in [0.25, 0.3) is 0 Å². The molecule has 3 unspecified atom stereocenters. The van der Waals surface area contributed by atoms with Gasteiger partial charge in [0.1, 0.15) is 0 Å². The van der Waals surface area contributed by atoms with Gasteiger partial charge in [-0.2, -0.15) is 9.38 Å². The number of quaternary nitrogens is 2. The zero-order valence-electron chi connectivity index (χ0n) is 10.7. The molecule has 4 heterocycles. The maximum absolute atomic E-state index is 4.28. The van der Waals surface area contributed by atoms with Crippen LogP contribution in [0.5, 0.6) is 0 Å². The van der Waals surface area contributed by atoms with E-state index in [0.29, 0.717) is 6.17 Å². The molecule has 1 saturated heterocycles. The molecule has 3 atom stereocenters. The number of nitrogens with one attached hydrogen (secondary N) is 1. The fourth-order valence-corrected chi connectivity index (χ4v) is 3.71. The molecule has 3 aliphatic rings. The van der Waals surface area contributed by atoms with E-state index in [0.717, 1.165) is 11.2 Å². The lowest BCUT2D eigenvalue weighted by atomic mass is 10.1. The smallest absolute Gasteiger partial charge is 0.235 e. The monoisotopic (exact) mass is 239 g/mol. The van der Waals surface area contributed by atoms with Crippen LogP contribution in [0.4, 0.5) is 17.1 Å². The maximum atomic E-state index is 4.28. The minimum absolute atomic E-state index is 0.574. The molecule has 0 saturated carbocycles. The first-order valence-corrected chi connectivity index (χ1v) is 6.50. The van der Waals surface area contributed by atoms with Gasteiger partial charge in [-0.05, 0) is 6.92 Å². The number of pyridine rings is 1. The summed E-state index contributed by atoms with van der Waals surface area (Å²) in [6.07, 6.45) is 4.53. The fraction of sp³-hybridized carbons (Fsp3) is 0.267. The van der Waals surface area contributed by atoms with Gasteiger partial charge in [0, 0.05) is 30.8 Å². The first kappa shape index (κ1) is 10.2. The van der Waals surface area contributed by atoms with Crippen molar-refractivity contribution >= 4 is 17.1 Å². The molecular formula is C15H17N3+2. The molecule has 3 heteroatoms. The van der Waals surface area contributed by atoms with E-state index in [1.54, 1.807) is 4.90 Å². The summed E-state index contributed by atoms with van der Waals surface area (Å²) in [5.74, 6) is 0. The molecule has 0 aliphatic carbocycles. The predicted octanol–water partition coefficient (Wildman–Crippen LogP) is 1.88. The summed E-state index contributed by atoms with van der Waals surface area (Å²) in [4.78, 5) is 5.85. The number of aryl methyl sites for hydroxylation is 1. The second-order valence-corrected chi connectivity index (χ2v) is 5.41. The Kier molecular flexibility index (Phi) is 1.81. The largest absolute Gasteiger partial charge is 0.258 e. The molecular weight excluding hydrogens is 222 g/mol. The standard InChI is InChI=1S/C15H16N3/c1-11-5-3-4-6-14(11)18-10-17(12(18)2)13-9-16-8-7-15(13)18/h3-9,12H,10H2,1-2H3/q+1/p+1. The third-order valence-corrected chi connectivity index (χ3v) is 4.70. The molecule has 1 fully saturated rings. The minimum atomic E-state index is 0.574. The highest BCUT2D eigenvalue weighted by molar-refractivity contribution is 5.73. The molecule has 2 bridgehead atoms. The van der Waals surface area contributed by atoms with Crippen LogP contribution < -0.4 is 9.38 Å². The molecule has 90 valence electrons. The molecule has 3 aliphatic heterocycles. The molecule has 5 rings (SSSR count). The van der Waals surface area contributed by atoms with Crippen LogP contribution in [0, 0.1) is 6.92 Å². The van der Waals surface area contributed by atoms with E-state index < -0.39 is 0 Å². The summed E-state index contributed by atoms with van der Waals surface area (Å²) in [6, 6.07) is 11.0. The average Bonchev–Trinajstić information content (AvgIpc) is 2.87. The second kappa shape index (κ2) is 3.19. The van der Waals surface area contributed by atoms with Gasteiger partial charge in [0.15, 0.2) is 5.69 Å². The Balaban J connectivity index is 1.99. The second-order valence-electron chi connectivity index (χ2n) is 5.41. The Bertz CT molecular complexity index is 637. The van der Waals surface area contributed by atoms with Crippen molar-refractivity contribution in [2.24, 2.45) is 0 Å². The lowest BCUT2D eigenvalue weighted by Crippen LogP contribution is -3.22. The highest BCUT2D eigenvalue weighted by Gasteiger charge is 2.67. The van der Waals surface area contributed by atoms with E-state index in [1.807, 2.05) is 12.4 Å². The van der Waals surface area contributed by atoms with Gasteiger partial charge in [-0.1, -0.05) is 18.2 Å². The third kappa shape index (κ3) is 0.959. The number of rotatable bonds is 1. The number of para-hydroxylation sites is 1. The summed E-state index contributed by atoms with van der Waals surface area (Å²) in [7, 11) is 0. The minimum Gasteiger partial charge on any atom is -0.258 e. The van der Waals surface area contributed by atoms with Gasteiger partial charge in [-0.15, -0.1) is 0 Å². The lowest BCUT2D eigenvalue weighted by molar-refractivity contribution is -0.921. The molecule has 2 aromatic rings. The zero-order chi connectivity index (χ0) is 12.3. The van der Waals surface area contributed by atoms with Crippen molar-refractivity contribution < 1.29 is 4.90 Å². The Labute approximate surface area is 107 Å². The van der Waals surface area contributed by atoms with Crippen LogP contribution in [-0.2, 0) is 0 Å². The van der Waals surface area contributed by atoms with Gasteiger partial charge >= 0.3 is 0 Å². The van der Waals surface area contributed by atoms with Crippen molar-refractivity contribution in [3.63, 3.8) is 0 Å². The van der Waals surface area contributed by atoms with Crippen molar-refractivity contribution in [3.8, 4) is 0 Å². The lowest BCUT2D eigenvalue weighted by Gasteiger charge is -2.44. The van der Waals surface area contributed by atoms with E-state index >= 15 is 0 Å². The van der Waals surface area contributed by atoms with Gasteiger partial charge in [0.2, 0.25) is 24.2 Å². The summed E-state index contributed by atoms with van der Waals surface area (Å²) in [5.41, 5.74) is 5.64. The Hall–Kier alpha value is -1.71.